The van der Waals surface area contributed by atoms with Gasteiger partial charge in [-0.2, -0.15) is 13.2 Å². The summed E-state index contributed by atoms with van der Waals surface area (Å²) in [6.45, 7) is 2.56. The van der Waals surface area contributed by atoms with Gasteiger partial charge in [-0.15, -0.1) is 0 Å². The third-order valence-corrected chi connectivity index (χ3v) is 3.12. The minimum atomic E-state index is -5.07. The SMILES string of the molecule is CCOC1(C(F)(F)F)Oc2cccc(C)c2C=C1C(=O)[O-]. The summed E-state index contributed by atoms with van der Waals surface area (Å²) in [6, 6.07) is 4.47. The van der Waals surface area contributed by atoms with Gasteiger partial charge in [-0.1, -0.05) is 12.1 Å². The van der Waals surface area contributed by atoms with E-state index in [9.17, 15) is 23.1 Å². The molecule has 1 aromatic carbocycles. The summed E-state index contributed by atoms with van der Waals surface area (Å²) < 4.78 is 49.8. The second-order valence-electron chi connectivity index (χ2n) is 4.48. The third kappa shape index (κ3) is 2.37. The van der Waals surface area contributed by atoms with Crippen molar-refractivity contribution in [3.63, 3.8) is 0 Å². The van der Waals surface area contributed by atoms with Gasteiger partial charge in [0.1, 0.15) is 5.75 Å². The van der Waals surface area contributed by atoms with Gasteiger partial charge in [0.2, 0.25) is 0 Å². The Balaban J connectivity index is 2.71. The standard InChI is InChI=1S/C14H13F3O4/c1-3-20-13(14(15,16)17)10(12(18)19)7-9-8(2)5-4-6-11(9)21-13/h4-7H,3H2,1-2H3,(H,18,19)/p-1. The highest BCUT2D eigenvalue weighted by atomic mass is 19.4. The van der Waals surface area contributed by atoms with E-state index in [1.54, 1.807) is 13.0 Å². The summed E-state index contributed by atoms with van der Waals surface area (Å²) in [7, 11) is 0. The minimum Gasteiger partial charge on any atom is -0.545 e. The molecule has 1 heterocycles. The molecule has 0 radical (unpaired) electrons. The number of benzene rings is 1. The number of aryl methyl sites for hydroxylation is 1. The molecule has 0 aliphatic carbocycles. The summed E-state index contributed by atoms with van der Waals surface area (Å²) in [5.41, 5.74) is -0.256. The van der Waals surface area contributed by atoms with Gasteiger partial charge in [0, 0.05) is 12.2 Å². The maximum atomic E-state index is 13.4. The van der Waals surface area contributed by atoms with Gasteiger partial charge in [-0.05, 0) is 31.6 Å². The van der Waals surface area contributed by atoms with Gasteiger partial charge in [-0.25, -0.2) is 0 Å². The number of carboxylic acids is 1. The van der Waals surface area contributed by atoms with E-state index in [-0.39, 0.29) is 17.9 Å². The molecule has 21 heavy (non-hydrogen) atoms. The zero-order valence-corrected chi connectivity index (χ0v) is 11.3. The third-order valence-electron chi connectivity index (χ3n) is 3.12. The van der Waals surface area contributed by atoms with Gasteiger partial charge >= 0.3 is 12.0 Å². The van der Waals surface area contributed by atoms with Crippen molar-refractivity contribution in [2.45, 2.75) is 25.8 Å². The van der Waals surface area contributed by atoms with Gasteiger partial charge in [0.15, 0.2) is 0 Å². The number of carbonyl (C=O) groups excluding carboxylic acids is 1. The molecule has 1 atom stereocenters. The number of carbonyl (C=O) groups is 1. The fraction of sp³-hybridized carbons (Fsp3) is 0.357. The molecule has 0 amide bonds. The van der Waals surface area contributed by atoms with Crippen LogP contribution in [0.3, 0.4) is 0 Å². The Morgan fingerprint density at radius 2 is 2.10 bits per heavy atom. The van der Waals surface area contributed by atoms with Crippen LogP contribution in [0.25, 0.3) is 6.08 Å². The molecule has 1 aliphatic rings. The predicted molar refractivity (Wildman–Crippen MR) is 65.2 cm³/mol. The topological polar surface area (TPSA) is 58.6 Å². The molecule has 0 saturated carbocycles. The molecule has 4 nitrogen and oxygen atoms in total. The van der Waals surface area contributed by atoms with Crippen LogP contribution in [0.4, 0.5) is 13.2 Å². The Labute approximate surface area is 118 Å². The quantitative estimate of drug-likeness (QED) is 0.854. The van der Waals surface area contributed by atoms with Crippen LogP contribution in [0.15, 0.2) is 23.8 Å². The van der Waals surface area contributed by atoms with Crippen molar-refractivity contribution >= 4 is 12.0 Å². The highest BCUT2D eigenvalue weighted by Crippen LogP contribution is 2.46. The van der Waals surface area contributed by atoms with Crippen LogP contribution in [0.2, 0.25) is 0 Å². The first-order valence-electron chi connectivity index (χ1n) is 6.15. The molecule has 1 aliphatic heterocycles. The van der Waals surface area contributed by atoms with Gasteiger partial charge in [-0.3, -0.25) is 0 Å². The normalized spacial score (nSPS) is 21.3. The maximum Gasteiger partial charge on any atom is 0.460 e. The Bertz CT molecular complexity index is 607. The van der Waals surface area contributed by atoms with E-state index in [4.69, 9.17) is 4.74 Å². The lowest BCUT2D eigenvalue weighted by Gasteiger charge is -2.40. The van der Waals surface area contributed by atoms with Crippen molar-refractivity contribution in [3.8, 4) is 5.75 Å². The Morgan fingerprint density at radius 3 is 2.62 bits per heavy atom. The number of fused-ring (bicyclic) bond motifs is 1. The molecule has 1 unspecified atom stereocenters. The first-order valence-corrected chi connectivity index (χ1v) is 6.15. The number of ether oxygens (including phenoxy) is 2. The van der Waals surface area contributed by atoms with Crippen molar-refractivity contribution in [1.82, 2.24) is 0 Å². The number of hydrogen-bond acceptors (Lipinski definition) is 4. The van der Waals surface area contributed by atoms with Crippen LogP contribution < -0.4 is 9.84 Å². The summed E-state index contributed by atoms with van der Waals surface area (Å²) in [4.78, 5) is 11.2. The van der Waals surface area contributed by atoms with Crippen LogP contribution in [0, 0.1) is 6.92 Å². The van der Waals surface area contributed by atoms with Crippen LogP contribution in [0.1, 0.15) is 18.1 Å². The highest BCUT2D eigenvalue weighted by molar-refractivity contribution is 5.94. The predicted octanol–water partition coefficient (Wildman–Crippen LogP) is 1.82. The second-order valence-corrected chi connectivity index (χ2v) is 4.48. The lowest BCUT2D eigenvalue weighted by molar-refractivity contribution is -0.346. The van der Waals surface area contributed by atoms with E-state index < -0.39 is 23.5 Å². The lowest BCUT2D eigenvalue weighted by atomic mass is 9.95. The van der Waals surface area contributed by atoms with Crippen molar-refractivity contribution < 1.29 is 32.5 Å². The Hall–Kier alpha value is -2.02. The highest BCUT2D eigenvalue weighted by Gasteiger charge is 2.63. The smallest absolute Gasteiger partial charge is 0.460 e. The maximum absolute atomic E-state index is 13.4. The van der Waals surface area contributed by atoms with E-state index in [0.717, 1.165) is 6.08 Å². The summed E-state index contributed by atoms with van der Waals surface area (Å²) in [6.07, 6.45) is -4.18. The van der Waals surface area contributed by atoms with E-state index in [2.05, 4.69) is 4.74 Å². The number of alkyl halides is 3. The Morgan fingerprint density at radius 1 is 1.43 bits per heavy atom. The lowest BCUT2D eigenvalue weighted by Crippen LogP contribution is -2.58. The van der Waals surface area contributed by atoms with Crippen molar-refractivity contribution in [1.29, 1.82) is 0 Å². The molecular formula is C14H12F3O4-. The molecular weight excluding hydrogens is 289 g/mol. The van der Waals surface area contributed by atoms with Gasteiger partial charge < -0.3 is 19.4 Å². The summed E-state index contributed by atoms with van der Waals surface area (Å²) in [5, 5.41) is 11.2. The average molecular weight is 301 g/mol. The number of rotatable bonds is 3. The van der Waals surface area contributed by atoms with Crippen LogP contribution in [-0.2, 0) is 9.53 Å². The van der Waals surface area contributed by atoms with Crippen molar-refractivity contribution in [3.05, 3.63) is 34.9 Å². The molecule has 0 N–H and O–H groups in total. The minimum absolute atomic E-state index is 0.0919. The summed E-state index contributed by atoms with van der Waals surface area (Å²) in [5.74, 6) is -5.44. The first-order chi connectivity index (χ1) is 9.73. The average Bonchev–Trinajstić information content (AvgIpc) is 2.37. The number of hydrogen-bond donors (Lipinski definition) is 0. The zero-order valence-electron chi connectivity index (χ0n) is 11.3. The van der Waals surface area contributed by atoms with E-state index in [1.165, 1.54) is 19.1 Å². The number of halogens is 3. The molecule has 0 aromatic heterocycles. The van der Waals surface area contributed by atoms with Crippen LogP contribution >= 0.6 is 0 Å². The molecule has 114 valence electrons. The number of aliphatic carboxylic acids is 1. The van der Waals surface area contributed by atoms with E-state index >= 15 is 0 Å². The van der Waals surface area contributed by atoms with Gasteiger partial charge in [0.05, 0.1) is 11.5 Å². The molecule has 1 aromatic rings. The molecule has 7 heteroatoms. The molecule has 0 spiro atoms. The first kappa shape index (κ1) is 15.4. The molecule has 0 saturated heterocycles. The van der Waals surface area contributed by atoms with Crippen LogP contribution in [-0.4, -0.2) is 24.5 Å². The zero-order chi connectivity index (χ0) is 15.8. The van der Waals surface area contributed by atoms with Crippen molar-refractivity contribution in [2.24, 2.45) is 0 Å². The van der Waals surface area contributed by atoms with Crippen LogP contribution in [0.5, 0.6) is 5.75 Å². The van der Waals surface area contributed by atoms with E-state index in [1.807, 2.05) is 0 Å². The Kier molecular flexibility index (Phi) is 3.71. The molecule has 2 rings (SSSR count). The second kappa shape index (κ2) is 5.07. The van der Waals surface area contributed by atoms with Crippen molar-refractivity contribution in [2.75, 3.05) is 6.61 Å². The monoisotopic (exact) mass is 301 g/mol. The van der Waals surface area contributed by atoms with E-state index in [0.29, 0.717) is 5.56 Å². The summed E-state index contributed by atoms with van der Waals surface area (Å²) >= 11 is 0. The molecule has 0 bridgehead atoms. The fourth-order valence-corrected chi connectivity index (χ4v) is 2.17. The molecule has 0 fully saturated rings. The van der Waals surface area contributed by atoms with Gasteiger partial charge in [0.25, 0.3) is 0 Å². The number of carboxylic acid groups (broad SMARTS) is 1. The fourth-order valence-electron chi connectivity index (χ4n) is 2.17. The largest absolute Gasteiger partial charge is 0.545 e.